The first kappa shape index (κ1) is 24.0. The molecule has 3 aromatic rings. The highest BCUT2D eigenvalue weighted by molar-refractivity contribution is 6.41. The quantitative estimate of drug-likeness (QED) is 0.274. The SMILES string of the molecule is CC(c1cn[nH]c1)N1C(=O)/C(=C\c2cc(C(=O)NCCN3CCOCC3)c[nH]2)c2c(Cl)nc(N)nc21. The minimum atomic E-state index is -0.386. The van der Waals surface area contributed by atoms with Crippen LogP contribution in [-0.4, -0.2) is 81.3 Å². The van der Waals surface area contributed by atoms with E-state index in [1.54, 1.807) is 30.7 Å². The lowest BCUT2D eigenvalue weighted by molar-refractivity contribution is -0.113. The third-order valence-corrected chi connectivity index (χ3v) is 6.56. The van der Waals surface area contributed by atoms with Gasteiger partial charge in [-0.2, -0.15) is 10.1 Å². The molecular formula is C23H26ClN9O3. The number of carbonyl (C=O) groups excluding carboxylic acids is 2. The van der Waals surface area contributed by atoms with Crippen LogP contribution in [0.15, 0.2) is 24.7 Å². The Labute approximate surface area is 211 Å². The molecule has 0 radical (unpaired) electrons. The summed E-state index contributed by atoms with van der Waals surface area (Å²) < 4.78 is 5.34. The van der Waals surface area contributed by atoms with Gasteiger partial charge >= 0.3 is 0 Å². The van der Waals surface area contributed by atoms with Gasteiger partial charge in [0.25, 0.3) is 11.8 Å². The van der Waals surface area contributed by atoms with Crippen LogP contribution in [-0.2, 0) is 9.53 Å². The van der Waals surface area contributed by atoms with E-state index >= 15 is 0 Å². The van der Waals surface area contributed by atoms with E-state index in [1.165, 1.54) is 4.90 Å². The number of halogens is 1. The van der Waals surface area contributed by atoms with Gasteiger partial charge in [-0.1, -0.05) is 11.6 Å². The van der Waals surface area contributed by atoms with Crippen LogP contribution in [0.25, 0.3) is 11.6 Å². The van der Waals surface area contributed by atoms with E-state index in [4.69, 9.17) is 22.1 Å². The van der Waals surface area contributed by atoms with Crippen molar-refractivity contribution in [2.45, 2.75) is 13.0 Å². The molecule has 0 aromatic carbocycles. The number of nitrogens with one attached hydrogen (secondary N) is 3. The van der Waals surface area contributed by atoms with Gasteiger partial charge in [-0.15, -0.1) is 0 Å². The number of morpholine rings is 1. The normalized spacial score (nSPS) is 18.0. The number of aromatic amines is 2. The molecule has 1 unspecified atom stereocenters. The topological polar surface area (TPSA) is 158 Å². The zero-order chi connectivity index (χ0) is 25.2. The first-order valence-electron chi connectivity index (χ1n) is 11.6. The van der Waals surface area contributed by atoms with Crippen molar-refractivity contribution in [3.63, 3.8) is 0 Å². The van der Waals surface area contributed by atoms with Crippen LogP contribution in [0, 0.1) is 0 Å². The number of carbonyl (C=O) groups is 2. The highest BCUT2D eigenvalue weighted by Gasteiger charge is 2.40. The molecule has 12 nitrogen and oxygen atoms in total. The Morgan fingerprint density at radius 2 is 2.14 bits per heavy atom. The van der Waals surface area contributed by atoms with Gasteiger partial charge in [0.1, 0.15) is 5.15 Å². The highest BCUT2D eigenvalue weighted by atomic mass is 35.5. The first-order chi connectivity index (χ1) is 17.4. The molecule has 36 heavy (non-hydrogen) atoms. The van der Waals surface area contributed by atoms with Gasteiger partial charge in [0.15, 0.2) is 5.82 Å². The fraction of sp³-hybridized carbons (Fsp3) is 0.348. The van der Waals surface area contributed by atoms with Crippen LogP contribution in [0.1, 0.15) is 40.1 Å². The Balaban J connectivity index is 1.36. The van der Waals surface area contributed by atoms with Crippen molar-refractivity contribution < 1.29 is 14.3 Å². The average Bonchev–Trinajstić information content (AvgIpc) is 3.60. The molecule has 5 heterocycles. The summed E-state index contributed by atoms with van der Waals surface area (Å²) in [5.41, 5.74) is 8.33. The van der Waals surface area contributed by atoms with Crippen molar-refractivity contribution in [1.29, 1.82) is 0 Å². The van der Waals surface area contributed by atoms with Crippen molar-refractivity contribution in [2.75, 3.05) is 50.0 Å². The zero-order valence-electron chi connectivity index (χ0n) is 19.6. The van der Waals surface area contributed by atoms with Gasteiger partial charge < -0.3 is 20.8 Å². The van der Waals surface area contributed by atoms with Crippen LogP contribution >= 0.6 is 11.6 Å². The van der Waals surface area contributed by atoms with Crippen LogP contribution in [0.3, 0.4) is 0 Å². The minimum Gasteiger partial charge on any atom is -0.379 e. The minimum absolute atomic E-state index is 0.0342. The van der Waals surface area contributed by atoms with E-state index in [1.807, 2.05) is 6.92 Å². The summed E-state index contributed by atoms with van der Waals surface area (Å²) in [5.74, 6) is -0.226. The molecule has 3 aromatic heterocycles. The number of hydrogen-bond donors (Lipinski definition) is 4. The van der Waals surface area contributed by atoms with Crippen molar-refractivity contribution in [3.05, 3.63) is 52.2 Å². The van der Waals surface area contributed by atoms with Crippen LogP contribution in [0.2, 0.25) is 5.15 Å². The maximum atomic E-state index is 13.6. The third-order valence-electron chi connectivity index (χ3n) is 6.28. The predicted molar refractivity (Wildman–Crippen MR) is 134 cm³/mol. The second-order valence-electron chi connectivity index (χ2n) is 8.57. The fourth-order valence-electron chi connectivity index (χ4n) is 4.34. The molecule has 5 rings (SSSR count). The molecule has 0 saturated carbocycles. The summed E-state index contributed by atoms with van der Waals surface area (Å²) in [7, 11) is 0. The lowest BCUT2D eigenvalue weighted by atomic mass is 10.1. The van der Waals surface area contributed by atoms with Crippen molar-refractivity contribution in [2.24, 2.45) is 0 Å². The third kappa shape index (κ3) is 4.70. The molecule has 2 amide bonds. The number of amides is 2. The molecule has 5 N–H and O–H groups in total. The summed E-state index contributed by atoms with van der Waals surface area (Å²) in [6, 6.07) is 1.29. The summed E-state index contributed by atoms with van der Waals surface area (Å²) in [6.07, 6.45) is 6.59. The summed E-state index contributed by atoms with van der Waals surface area (Å²) in [4.78, 5) is 41.3. The molecule has 0 spiro atoms. The lowest BCUT2D eigenvalue weighted by Gasteiger charge is -2.26. The highest BCUT2D eigenvalue weighted by Crippen LogP contribution is 2.44. The molecule has 188 valence electrons. The van der Waals surface area contributed by atoms with E-state index < -0.39 is 0 Å². The number of ether oxygens (including phenoxy) is 1. The summed E-state index contributed by atoms with van der Waals surface area (Å²) in [5, 5.41) is 9.73. The van der Waals surface area contributed by atoms with E-state index in [9.17, 15) is 9.59 Å². The number of anilines is 2. The van der Waals surface area contributed by atoms with Crippen molar-refractivity contribution in [3.8, 4) is 0 Å². The monoisotopic (exact) mass is 511 g/mol. The van der Waals surface area contributed by atoms with E-state index in [0.29, 0.717) is 48.0 Å². The van der Waals surface area contributed by atoms with E-state index in [2.05, 4.69) is 35.4 Å². The number of rotatable bonds is 7. The molecular weight excluding hydrogens is 486 g/mol. The summed E-state index contributed by atoms with van der Waals surface area (Å²) in [6.45, 7) is 6.30. The Hall–Kier alpha value is -3.74. The Morgan fingerprint density at radius 1 is 1.33 bits per heavy atom. The standard InChI is InChI=1S/C23H26ClN9O3/c1-13(15-11-28-29-12-15)33-20-18(19(24)30-23(25)31-20)17(22(33)35)9-16-8-14(10-27-16)21(34)26-2-3-32-4-6-36-7-5-32/h8-13,27H,2-7H2,1H3,(H,26,34)(H,28,29)(H2,25,30,31)/b17-9-. The number of nitrogens with zero attached hydrogens (tertiary/aromatic N) is 5. The number of nitrogens with two attached hydrogens (primary N) is 1. The molecule has 2 aliphatic heterocycles. The second-order valence-corrected chi connectivity index (χ2v) is 8.92. The second kappa shape index (κ2) is 10.1. The molecule has 1 fully saturated rings. The van der Waals surface area contributed by atoms with Gasteiger partial charge in [0.05, 0.1) is 42.2 Å². The van der Waals surface area contributed by atoms with Crippen LogP contribution in [0.5, 0.6) is 0 Å². The van der Waals surface area contributed by atoms with E-state index in [-0.39, 0.29) is 29.0 Å². The molecule has 1 atom stereocenters. The van der Waals surface area contributed by atoms with Gasteiger partial charge in [-0.3, -0.25) is 24.5 Å². The van der Waals surface area contributed by atoms with Crippen LogP contribution in [0.4, 0.5) is 11.8 Å². The Bertz CT molecular complexity index is 1300. The fourth-order valence-corrected chi connectivity index (χ4v) is 4.62. The number of fused-ring (bicyclic) bond motifs is 1. The smallest absolute Gasteiger partial charge is 0.260 e. The first-order valence-corrected chi connectivity index (χ1v) is 11.9. The molecule has 0 bridgehead atoms. The lowest BCUT2D eigenvalue weighted by Crippen LogP contribution is -2.41. The predicted octanol–water partition coefficient (Wildman–Crippen LogP) is 1.47. The maximum absolute atomic E-state index is 13.6. The largest absolute Gasteiger partial charge is 0.379 e. The zero-order valence-corrected chi connectivity index (χ0v) is 20.4. The summed E-state index contributed by atoms with van der Waals surface area (Å²) >= 11 is 6.42. The average molecular weight is 512 g/mol. The Morgan fingerprint density at radius 3 is 2.89 bits per heavy atom. The van der Waals surface area contributed by atoms with Crippen molar-refractivity contribution >= 4 is 46.8 Å². The van der Waals surface area contributed by atoms with Crippen LogP contribution < -0.4 is 16.0 Å². The number of nitrogen functional groups attached to an aromatic ring is 1. The number of hydrogen-bond acceptors (Lipinski definition) is 8. The number of H-pyrrole nitrogens is 2. The van der Waals surface area contributed by atoms with Gasteiger partial charge in [0.2, 0.25) is 5.95 Å². The van der Waals surface area contributed by atoms with Gasteiger partial charge in [0, 0.05) is 49.8 Å². The Kier molecular flexibility index (Phi) is 6.72. The van der Waals surface area contributed by atoms with Gasteiger partial charge in [-0.05, 0) is 19.1 Å². The van der Waals surface area contributed by atoms with E-state index in [0.717, 1.165) is 25.2 Å². The molecule has 1 saturated heterocycles. The van der Waals surface area contributed by atoms with Gasteiger partial charge in [-0.25, -0.2) is 4.98 Å². The maximum Gasteiger partial charge on any atom is 0.260 e. The molecule has 0 aliphatic carbocycles. The van der Waals surface area contributed by atoms with Crippen molar-refractivity contribution in [1.82, 2.24) is 35.4 Å². The molecule has 13 heteroatoms. The number of aromatic nitrogens is 5. The molecule has 2 aliphatic rings.